The first-order chi connectivity index (χ1) is 13.7. The lowest BCUT2D eigenvalue weighted by atomic mass is 10.00. The standard InChI is InChI=1S/C19H36N4O7/c1-8(2)7-12(16(26)22-14(9(3)4)19(29)30)21-18(28)15(11(6)25)23-17(27)13(20)10(5)24/h8-15,24-25H,7,20H2,1-6H3,(H,21,28)(H,22,26)(H,23,27)(H,29,30). The van der Waals surface area contributed by atoms with Gasteiger partial charge in [-0.1, -0.05) is 27.7 Å². The average molecular weight is 433 g/mol. The molecule has 0 radical (unpaired) electrons. The minimum absolute atomic E-state index is 0.0216. The smallest absolute Gasteiger partial charge is 0.326 e. The summed E-state index contributed by atoms with van der Waals surface area (Å²) in [6.45, 7) is 9.49. The summed E-state index contributed by atoms with van der Waals surface area (Å²) in [5.41, 5.74) is 5.54. The van der Waals surface area contributed by atoms with Crippen molar-refractivity contribution in [1.29, 1.82) is 0 Å². The molecule has 0 aromatic carbocycles. The van der Waals surface area contributed by atoms with Crippen LogP contribution in [-0.4, -0.2) is 75.4 Å². The van der Waals surface area contributed by atoms with Crippen molar-refractivity contribution < 1.29 is 34.5 Å². The molecule has 0 saturated carbocycles. The highest BCUT2D eigenvalue weighted by Gasteiger charge is 2.33. The Hall–Kier alpha value is -2.24. The summed E-state index contributed by atoms with van der Waals surface area (Å²) in [5.74, 6) is -3.97. The number of aliphatic hydroxyl groups excluding tert-OH is 2. The first-order valence-electron chi connectivity index (χ1n) is 9.94. The van der Waals surface area contributed by atoms with Gasteiger partial charge in [0, 0.05) is 0 Å². The highest BCUT2D eigenvalue weighted by atomic mass is 16.4. The fraction of sp³-hybridized carbons (Fsp3) is 0.789. The third kappa shape index (κ3) is 9.06. The van der Waals surface area contributed by atoms with E-state index in [-0.39, 0.29) is 18.3 Å². The summed E-state index contributed by atoms with van der Waals surface area (Å²) in [7, 11) is 0. The average Bonchev–Trinajstić information content (AvgIpc) is 2.60. The topological polar surface area (TPSA) is 191 Å². The number of carbonyl (C=O) groups excluding carboxylic acids is 3. The molecule has 30 heavy (non-hydrogen) atoms. The largest absolute Gasteiger partial charge is 0.480 e. The summed E-state index contributed by atoms with van der Waals surface area (Å²) in [6.07, 6.45) is -2.29. The van der Waals surface area contributed by atoms with Crippen LogP contribution in [-0.2, 0) is 19.2 Å². The van der Waals surface area contributed by atoms with E-state index in [4.69, 9.17) is 5.73 Å². The third-order valence-corrected chi connectivity index (χ3v) is 4.46. The van der Waals surface area contributed by atoms with Gasteiger partial charge >= 0.3 is 5.97 Å². The first kappa shape index (κ1) is 27.8. The Morgan fingerprint density at radius 3 is 1.63 bits per heavy atom. The predicted octanol–water partition coefficient (Wildman–Crippen LogP) is -1.68. The fourth-order valence-electron chi connectivity index (χ4n) is 2.61. The summed E-state index contributed by atoms with van der Waals surface area (Å²) in [4.78, 5) is 48.8. The van der Waals surface area contributed by atoms with E-state index < -0.39 is 60.1 Å². The molecule has 0 aliphatic rings. The van der Waals surface area contributed by atoms with E-state index in [0.29, 0.717) is 0 Å². The van der Waals surface area contributed by atoms with Gasteiger partial charge in [0.2, 0.25) is 17.7 Å². The number of nitrogens with one attached hydrogen (secondary N) is 3. The second-order valence-electron chi connectivity index (χ2n) is 8.25. The molecule has 6 atom stereocenters. The molecular formula is C19H36N4O7. The van der Waals surface area contributed by atoms with Crippen molar-refractivity contribution in [3.8, 4) is 0 Å². The molecule has 8 N–H and O–H groups in total. The highest BCUT2D eigenvalue weighted by Crippen LogP contribution is 2.09. The molecule has 0 rings (SSSR count). The van der Waals surface area contributed by atoms with Crippen molar-refractivity contribution in [3.05, 3.63) is 0 Å². The number of carbonyl (C=O) groups is 4. The summed E-state index contributed by atoms with van der Waals surface area (Å²) >= 11 is 0. The minimum atomic E-state index is -1.43. The molecule has 0 aliphatic carbocycles. The fourth-order valence-corrected chi connectivity index (χ4v) is 2.61. The lowest BCUT2D eigenvalue weighted by molar-refractivity contribution is -0.143. The third-order valence-electron chi connectivity index (χ3n) is 4.46. The van der Waals surface area contributed by atoms with Crippen molar-refractivity contribution in [2.75, 3.05) is 0 Å². The van der Waals surface area contributed by atoms with Crippen LogP contribution in [0.3, 0.4) is 0 Å². The Morgan fingerprint density at radius 2 is 1.27 bits per heavy atom. The number of aliphatic hydroxyl groups is 2. The number of hydrogen-bond acceptors (Lipinski definition) is 7. The Balaban J connectivity index is 5.45. The summed E-state index contributed by atoms with van der Waals surface area (Å²) in [6, 6.07) is -4.96. The van der Waals surface area contributed by atoms with Gasteiger partial charge < -0.3 is 37.0 Å². The molecule has 0 aliphatic heterocycles. The molecule has 0 saturated heterocycles. The lowest BCUT2D eigenvalue weighted by Gasteiger charge is -2.28. The number of hydrogen-bond donors (Lipinski definition) is 7. The van der Waals surface area contributed by atoms with Crippen LogP contribution in [0.4, 0.5) is 0 Å². The predicted molar refractivity (Wildman–Crippen MR) is 109 cm³/mol. The quantitative estimate of drug-likeness (QED) is 0.190. The number of carboxylic acids is 1. The number of rotatable bonds is 12. The van der Waals surface area contributed by atoms with Gasteiger partial charge in [0.15, 0.2) is 0 Å². The zero-order chi connectivity index (χ0) is 23.8. The molecule has 0 heterocycles. The van der Waals surface area contributed by atoms with Crippen molar-refractivity contribution in [2.24, 2.45) is 17.6 Å². The van der Waals surface area contributed by atoms with E-state index in [0.717, 1.165) is 0 Å². The van der Waals surface area contributed by atoms with Crippen LogP contribution in [0.1, 0.15) is 48.0 Å². The number of nitrogens with two attached hydrogens (primary N) is 1. The monoisotopic (exact) mass is 432 g/mol. The Labute approximate surface area is 176 Å². The van der Waals surface area contributed by atoms with Crippen LogP contribution < -0.4 is 21.7 Å². The normalized spacial score (nSPS) is 17.4. The van der Waals surface area contributed by atoms with E-state index in [2.05, 4.69) is 16.0 Å². The SMILES string of the molecule is CC(C)CC(NC(=O)C(NC(=O)C(N)C(C)O)C(C)O)C(=O)NC(C(=O)O)C(C)C. The molecule has 11 heteroatoms. The van der Waals surface area contributed by atoms with Gasteiger partial charge in [-0.3, -0.25) is 14.4 Å². The van der Waals surface area contributed by atoms with Crippen molar-refractivity contribution in [1.82, 2.24) is 16.0 Å². The minimum Gasteiger partial charge on any atom is -0.480 e. The second-order valence-corrected chi connectivity index (χ2v) is 8.25. The van der Waals surface area contributed by atoms with Crippen LogP contribution >= 0.6 is 0 Å². The summed E-state index contributed by atoms with van der Waals surface area (Å²) in [5, 5.41) is 35.8. The van der Waals surface area contributed by atoms with Crippen LogP contribution in [0.15, 0.2) is 0 Å². The van der Waals surface area contributed by atoms with E-state index in [1.54, 1.807) is 13.8 Å². The zero-order valence-electron chi connectivity index (χ0n) is 18.4. The van der Waals surface area contributed by atoms with Crippen LogP contribution in [0.2, 0.25) is 0 Å². The molecule has 0 aromatic heterocycles. The molecule has 0 fully saturated rings. The van der Waals surface area contributed by atoms with E-state index in [1.807, 2.05) is 13.8 Å². The van der Waals surface area contributed by atoms with Crippen LogP contribution in [0, 0.1) is 11.8 Å². The molecular weight excluding hydrogens is 396 g/mol. The molecule has 0 bridgehead atoms. The van der Waals surface area contributed by atoms with Crippen LogP contribution in [0.5, 0.6) is 0 Å². The Kier molecular flexibility index (Phi) is 11.5. The number of amides is 3. The van der Waals surface area contributed by atoms with Gasteiger partial charge in [-0.2, -0.15) is 0 Å². The number of aliphatic carboxylic acids is 1. The van der Waals surface area contributed by atoms with Gasteiger partial charge in [0.25, 0.3) is 0 Å². The maximum Gasteiger partial charge on any atom is 0.326 e. The van der Waals surface area contributed by atoms with Gasteiger partial charge in [0.1, 0.15) is 24.2 Å². The highest BCUT2D eigenvalue weighted by molar-refractivity contribution is 5.94. The molecule has 11 nitrogen and oxygen atoms in total. The maximum absolute atomic E-state index is 12.7. The van der Waals surface area contributed by atoms with Gasteiger partial charge in [-0.25, -0.2) is 4.79 Å². The zero-order valence-corrected chi connectivity index (χ0v) is 18.4. The van der Waals surface area contributed by atoms with E-state index in [9.17, 15) is 34.5 Å². The van der Waals surface area contributed by atoms with Crippen molar-refractivity contribution in [2.45, 2.75) is 84.3 Å². The van der Waals surface area contributed by atoms with E-state index in [1.165, 1.54) is 13.8 Å². The van der Waals surface area contributed by atoms with Gasteiger partial charge in [-0.15, -0.1) is 0 Å². The molecule has 0 aromatic rings. The molecule has 6 unspecified atom stereocenters. The summed E-state index contributed by atoms with van der Waals surface area (Å²) < 4.78 is 0. The molecule has 0 spiro atoms. The number of carboxylic acid groups (broad SMARTS) is 1. The van der Waals surface area contributed by atoms with E-state index >= 15 is 0 Å². The lowest BCUT2D eigenvalue weighted by Crippen LogP contribution is -2.61. The van der Waals surface area contributed by atoms with Gasteiger partial charge in [0.05, 0.1) is 12.2 Å². The Morgan fingerprint density at radius 1 is 0.767 bits per heavy atom. The molecule has 3 amide bonds. The maximum atomic E-state index is 12.7. The second kappa shape index (κ2) is 12.5. The first-order valence-corrected chi connectivity index (χ1v) is 9.94. The Bertz CT molecular complexity index is 608. The molecule has 174 valence electrons. The van der Waals surface area contributed by atoms with Crippen molar-refractivity contribution >= 4 is 23.7 Å². The van der Waals surface area contributed by atoms with Crippen molar-refractivity contribution in [3.63, 3.8) is 0 Å². The van der Waals surface area contributed by atoms with Gasteiger partial charge in [-0.05, 0) is 32.1 Å². The van der Waals surface area contributed by atoms with Crippen LogP contribution in [0.25, 0.3) is 0 Å².